The van der Waals surface area contributed by atoms with Crippen molar-refractivity contribution in [2.24, 2.45) is 0 Å². The second-order valence-electron chi connectivity index (χ2n) is 7.40. The van der Waals surface area contributed by atoms with E-state index in [-0.39, 0.29) is 5.91 Å². The van der Waals surface area contributed by atoms with Crippen LogP contribution in [0.1, 0.15) is 29.6 Å². The molecule has 7 nitrogen and oxygen atoms in total. The fraction of sp³-hybridized carbons (Fsp3) is 0.292. The zero-order valence-electron chi connectivity index (χ0n) is 17.8. The molecule has 4 rings (SSSR count). The summed E-state index contributed by atoms with van der Waals surface area (Å²) in [6, 6.07) is 16.8. The van der Waals surface area contributed by atoms with Crippen LogP contribution >= 0.6 is 0 Å². The molecule has 1 aliphatic rings. The molecule has 160 valence electrons. The van der Waals surface area contributed by atoms with Crippen LogP contribution in [0.4, 0.5) is 11.5 Å². The number of benzene rings is 2. The monoisotopic (exact) mass is 418 g/mol. The van der Waals surface area contributed by atoms with Gasteiger partial charge in [0.15, 0.2) is 17.3 Å². The number of nitrogens with one attached hydrogen (secondary N) is 1. The van der Waals surface area contributed by atoms with E-state index < -0.39 is 0 Å². The minimum absolute atomic E-state index is 0.269. The molecule has 1 amide bonds. The lowest BCUT2D eigenvalue weighted by Crippen LogP contribution is -2.30. The van der Waals surface area contributed by atoms with Gasteiger partial charge >= 0.3 is 0 Å². The Kier molecular flexibility index (Phi) is 6.31. The number of hydrogen-bond acceptors (Lipinski definition) is 6. The number of amides is 1. The van der Waals surface area contributed by atoms with Gasteiger partial charge in [-0.05, 0) is 55.7 Å². The Labute approximate surface area is 182 Å². The minimum atomic E-state index is -0.269. The molecule has 0 spiro atoms. The van der Waals surface area contributed by atoms with E-state index in [2.05, 4.69) is 20.4 Å². The molecule has 2 aromatic carbocycles. The van der Waals surface area contributed by atoms with Crippen LogP contribution < -0.4 is 19.7 Å². The summed E-state index contributed by atoms with van der Waals surface area (Å²) in [6.45, 7) is 2.08. The molecule has 1 saturated heterocycles. The lowest BCUT2D eigenvalue weighted by atomic mass is 10.1. The summed E-state index contributed by atoms with van der Waals surface area (Å²) in [5, 5.41) is 11.7. The van der Waals surface area contributed by atoms with E-state index in [0.29, 0.717) is 22.7 Å². The Balaban J connectivity index is 1.45. The highest BCUT2D eigenvalue weighted by molar-refractivity contribution is 6.06. The maximum Gasteiger partial charge on any atom is 0.259 e. The van der Waals surface area contributed by atoms with Crippen LogP contribution in [0.15, 0.2) is 54.6 Å². The van der Waals surface area contributed by atoms with Crippen molar-refractivity contribution in [1.82, 2.24) is 10.2 Å². The number of hydrogen-bond donors (Lipinski definition) is 1. The number of ether oxygens (including phenoxy) is 2. The first-order chi connectivity index (χ1) is 15.2. The van der Waals surface area contributed by atoms with Gasteiger partial charge in [-0.1, -0.05) is 18.2 Å². The molecular weight excluding hydrogens is 392 g/mol. The van der Waals surface area contributed by atoms with Crippen LogP contribution in [-0.2, 0) is 0 Å². The Bertz CT molecular complexity index is 1030. The predicted octanol–water partition coefficient (Wildman–Crippen LogP) is 4.40. The fourth-order valence-corrected chi connectivity index (χ4v) is 3.76. The van der Waals surface area contributed by atoms with E-state index in [1.807, 2.05) is 36.4 Å². The van der Waals surface area contributed by atoms with Crippen molar-refractivity contribution in [3.63, 3.8) is 0 Å². The molecule has 31 heavy (non-hydrogen) atoms. The van der Waals surface area contributed by atoms with Gasteiger partial charge < -0.3 is 19.7 Å². The molecule has 7 heteroatoms. The lowest BCUT2D eigenvalue weighted by Gasteiger charge is -2.27. The van der Waals surface area contributed by atoms with E-state index in [1.165, 1.54) is 26.4 Å². The molecule has 1 aliphatic heterocycles. The van der Waals surface area contributed by atoms with Gasteiger partial charge in [0.2, 0.25) is 0 Å². The van der Waals surface area contributed by atoms with Crippen molar-refractivity contribution in [3.8, 4) is 22.8 Å². The molecule has 0 unspecified atom stereocenters. The number of nitrogens with zero attached hydrogens (tertiary/aromatic N) is 3. The van der Waals surface area contributed by atoms with Gasteiger partial charge in [-0.2, -0.15) is 0 Å². The quantitative estimate of drug-likeness (QED) is 0.639. The molecule has 0 radical (unpaired) electrons. The zero-order chi connectivity index (χ0) is 21.6. The molecule has 1 N–H and O–H groups in total. The lowest BCUT2D eigenvalue weighted by molar-refractivity contribution is 0.102. The zero-order valence-corrected chi connectivity index (χ0v) is 17.8. The number of carbonyl (C=O) groups is 1. The Morgan fingerprint density at radius 1 is 0.903 bits per heavy atom. The highest BCUT2D eigenvalue weighted by atomic mass is 16.5. The first-order valence-corrected chi connectivity index (χ1v) is 10.4. The van der Waals surface area contributed by atoms with Crippen LogP contribution in [0.25, 0.3) is 11.3 Å². The van der Waals surface area contributed by atoms with Crippen molar-refractivity contribution in [3.05, 3.63) is 60.2 Å². The molecule has 0 atom stereocenters. The largest absolute Gasteiger partial charge is 0.493 e. The minimum Gasteiger partial charge on any atom is -0.493 e. The smallest absolute Gasteiger partial charge is 0.259 e. The molecule has 1 aromatic heterocycles. The summed E-state index contributed by atoms with van der Waals surface area (Å²) in [7, 11) is 3.06. The van der Waals surface area contributed by atoms with Crippen LogP contribution in [-0.4, -0.2) is 43.4 Å². The number of carbonyl (C=O) groups excluding carboxylic acids is 1. The van der Waals surface area contributed by atoms with E-state index >= 15 is 0 Å². The highest BCUT2D eigenvalue weighted by Gasteiger charge is 2.17. The van der Waals surface area contributed by atoms with Gasteiger partial charge in [0.05, 0.1) is 25.5 Å². The Morgan fingerprint density at radius 2 is 1.68 bits per heavy atom. The maximum absolute atomic E-state index is 12.7. The van der Waals surface area contributed by atoms with Crippen LogP contribution in [0.2, 0.25) is 0 Å². The third-order valence-electron chi connectivity index (χ3n) is 5.42. The number of para-hydroxylation sites is 1. The topological polar surface area (TPSA) is 76.6 Å². The van der Waals surface area contributed by atoms with E-state index in [9.17, 15) is 4.79 Å². The fourth-order valence-electron chi connectivity index (χ4n) is 3.76. The van der Waals surface area contributed by atoms with Gasteiger partial charge in [-0.15, -0.1) is 10.2 Å². The summed E-state index contributed by atoms with van der Waals surface area (Å²) >= 11 is 0. The SMILES string of the molecule is COc1cccc(C(=O)Nc2ccc(-c3ccc(N4CCCCC4)nn3)cc2)c1OC. The van der Waals surface area contributed by atoms with Gasteiger partial charge in [-0.25, -0.2) is 0 Å². The van der Waals surface area contributed by atoms with Crippen molar-refractivity contribution < 1.29 is 14.3 Å². The summed E-state index contributed by atoms with van der Waals surface area (Å²) in [5.41, 5.74) is 2.82. The summed E-state index contributed by atoms with van der Waals surface area (Å²) in [6.07, 6.45) is 3.70. The normalized spacial score (nSPS) is 13.5. The molecule has 1 fully saturated rings. The molecular formula is C24H26N4O3. The van der Waals surface area contributed by atoms with Gasteiger partial charge in [0.1, 0.15) is 0 Å². The molecule has 0 bridgehead atoms. The highest BCUT2D eigenvalue weighted by Crippen LogP contribution is 2.31. The van der Waals surface area contributed by atoms with Crippen molar-refractivity contribution in [2.45, 2.75) is 19.3 Å². The Hall–Kier alpha value is -3.61. The van der Waals surface area contributed by atoms with Crippen LogP contribution in [0.5, 0.6) is 11.5 Å². The number of aromatic nitrogens is 2. The Morgan fingerprint density at radius 3 is 2.32 bits per heavy atom. The van der Waals surface area contributed by atoms with E-state index in [4.69, 9.17) is 9.47 Å². The van der Waals surface area contributed by atoms with Crippen LogP contribution in [0.3, 0.4) is 0 Å². The third-order valence-corrected chi connectivity index (χ3v) is 5.42. The second-order valence-corrected chi connectivity index (χ2v) is 7.40. The molecule has 0 aliphatic carbocycles. The van der Waals surface area contributed by atoms with Gasteiger partial charge in [0.25, 0.3) is 5.91 Å². The summed E-state index contributed by atoms with van der Waals surface area (Å²) in [5.74, 6) is 1.58. The third kappa shape index (κ3) is 4.60. The number of piperidine rings is 1. The molecule has 0 saturated carbocycles. The van der Waals surface area contributed by atoms with Gasteiger partial charge in [0, 0.05) is 24.3 Å². The number of anilines is 2. The number of rotatable bonds is 6. The molecule has 2 heterocycles. The van der Waals surface area contributed by atoms with Crippen LogP contribution in [0, 0.1) is 0 Å². The average Bonchev–Trinajstić information content (AvgIpc) is 2.84. The predicted molar refractivity (Wildman–Crippen MR) is 121 cm³/mol. The average molecular weight is 418 g/mol. The standard InChI is InChI=1S/C24H26N4O3/c1-30-21-8-6-7-19(23(21)31-2)24(29)25-18-11-9-17(10-12-18)20-13-14-22(27-26-20)28-15-4-3-5-16-28/h6-14H,3-5,15-16H2,1-2H3,(H,25,29). The van der Waals surface area contributed by atoms with Gasteiger partial charge in [-0.3, -0.25) is 4.79 Å². The summed E-state index contributed by atoms with van der Waals surface area (Å²) < 4.78 is 10.6. The molecule has 3 aromatic rings. The van der Waals surface area contributed by atoms with Crippen molar-refractivity contribution in [1.29, 1.82) is 0 Å². The first-order valence-electron chi connectivity index (χ1n) is 10.4. The van der Waals surface area contributed by atoms with E-state index in [0.717, 1.165) is 30.2 Å². The second kappa shape index (κ2) is 9.47. The maximum atomic E-state index is 12.7. The summed E-state index contributed by atoms with van der Waals surface area (Å²) in [4.78, 5) is 15.0. The van der Waals surface area contributed by atoms with Crippen molar-refractivity contribution in [2.75, 3.05) is 37.5 Å². The first kappa shape index (κ1) is 20.7. The van der Waals surface area contributed by atoms with E-state index in [1.54, 1.807) is 25.3 Å². The van der Waals surface area contributed by atoms with Crippen molar-refractivity contribution >= 4 is 17.4 Å². The number of methoxy groups -OCH3 is 2.